The highest BCUT2D eigenvalue weighted by Crippen LogP contribution is 2.22. The van der Waals surface area contributed by atoms with E-state index in [0.29, 0.717) is 23.6 Å². The summed E-state index contributed by atoms with van der Waals surface area (Å²) in [5.41, 5.74) is 3.11. The third kappa shape index (κ3) is 6.39. The minimum Gasteiger partial charge on any atom is -0.494 e. The molecule has 0 heterocycles. The molecule has 0 unspecified atom stereocenters. The summed E-state index contributed by atoms with van der Waals surface area (Å²) in [4.78, 5) is 25.4. The average molecular weight is 421 g/mol. The molecule has 0 aliphatic carbocycles. The van der Waals surface area contributed by atoms with Gasteiger partial charge in [-0.3, -0.25) is 9.59 Å². The van der Waals surface area contributed by atoms with Crippen LogP contribution in [0.15, 0.2) is 77.7 Å². The van der Waals surface area contributed by atoms with Gasteiger partial charge in [0.1, 0.15) is 5.75 Å². The molecule has 3 rings (SSSR count). The maximum absolute atomic E-state index is 12.3. The second-order valence-electron chi connectivity index (χ2n) is 6.64. The Balaban J connectivity index is 1.48. The van der Waals surface area contributed by atoms with Gasteiger partial charge >= 0.3 is 0 Å². The van der Waals surface area contributed by atoms with Crippen LogP contribution in [0.3, 0.4) is 0 Å². The van der Waals surface area contributed by atoms with Crippen molar-refractivity contribution in [2.75, 3.05) is 23.0 Å². The normalized spacial score (nSPS) is 10.3. The fourth-order valence-electron chi connectivity index (χ4n) is 2.77. The van der Waals surface area contributed by atoms with Gasteiger partial charge in [-0.2, -0.15) is 0 Å². The summed E-state index contributed by atoms with van der Waals surface area (Å²) < 4.78 is 5.39. The number of thioether (sulfide) groups is 1. The van der Waals surface area contributed by atoms with Gasteiger partial charge in [0.2, 0.25) is 5.91 Å². The minimum absolute atomic E-state index is 0.0824. The molecule has 0 aliphatic rings. The van der Waals surface area contributed by atoms with Crippen LogP contribution in [0.1, 0.15) is 22.8 Å². The quantitative estimate of drug-likeness (QED) is 0.480. The second kappa shape index (κ2) is 10.5. The number of carbonyl (C=O) groups excluding carboxylic acids is 2. The Morgan fingerprint density at radius 3 is 2.23 bits per heavy atom. The van der Waals surface area contributed by atoms with E-state index in [-0.39, 0.29) is 11.8 Å². The van der Waals surface area contributed by atoms with Gasteiger partial charge in [0.25, 0.3) is 5.91 Å². The molecule has 2 N–H and O–H groups in total. The molecule has 0 fully saturated rings. The molecule has 6 heteroatoms. The third-order valence-corrected chi connectivity index (χ3v) is 5.22. The highest BCUT2D eigenvalue weighted by molar-refractivity contribution is 8.00. The molecule has 0 aromatic heterocycles. The van der Waals surface area contributed by atoms with Crippen LogP contribution in [0.2, 0.25) is 0 Å². The summed E-state index contributed by atoms with van der Waals surface area (Å²) >= 11 is 1.44. The average Bonchev–Trinajstić information content (AvgIpc) is 2.75. The van der Waals surface area contributed by atoms with Crippen molar-refractivity contribution in [3.05, 3.63) is 83.9 Å². The van der Waals surface area contributed by atoms with Crippen LogP contribution in [0.5, 0.6) is 5.75 Å². The number of benzene rings is 3. The number of amides is 2. The first-order chi connectivity index (χ1) is 14.5. The summed E-state index contributed by atoms with van der Waals surface area (Å²) in [6, 6.07) is 22.2. The number of rotatable bonds is 8. The number of carbonyl (C=O) groups is 2. The molecule has 5 nitrogen and oxygen atoms in total. The highest BCUT2D eigenvalue weighted by atomic mass is 32.2. The van der Waals surface area contributed by atoms with E-state index >= 15 is 0 Å². The lowest BCUT2D eigenvalue weighted by Crippen LogP contribution is -2.14. The lowest BCUT2D eigenvalue weighted by Gasteiger charge is -2.08. The first-order valence-electron chi connectivity index (χ1n) is 9.67. The zero-order valence-electron chi connectivity index (χ0n) is 17.0. The van der Waals surface area contributed by atoms with Crippen LogP contribution >= 0.6 is 11.8 Å². The number of anilines is 2. The van der Waals surface area contributed by atoms with Gasteiger partial charge in [0.05, 0.1) is 12.4 Å². The van der Waals surface area contributed by atoms with E-state index < -0.39 is 0 Å². The van der Waals surface area contributed by atoms with Crippen LogP contribution in [-0.2, 0) is 4.79 Å². The number of nitrogens with one attached hydrogen (secondary N) is 2. The molecular formula is C24H24N2O3S. The van der Waals surface area contributed by atoms with Crippen molar-refractivity contribution in [3.8, 4) is 5.75 Å². The van der Waals surface area contributed by atoms with Gasteiger partial charge in [-0.1, -0.05) is 17.7 Å². The van der Waals surface area contributed by atoms with Gasteiger partial charge < -0.3 is 15.4 Å². The van der Waals surface area contributed by atoms with Gasteiger partial charge in [-0.25, -0.2) is 0 Å². The molecule has 0 spiro atoms. The summed E-state index contributed by atoms with van der Waals surface area (Å²) in [6.45, 7) is 4.49. The molecule has 3 aromatic rings. The van der Waals surface area contributed by atoms with E-state index in [9.17, 15) is 9.59 Å². The standard InChI is InChI=1S/C24H24N2O3S/c1-3-29-21-11-7-19(8-12-21)25-23(27)16-30-22-13-9-20(10-14-22)26-24(28)18-6-4-5-17(2)15-18/h4-15H,3,16H2,1-2H3,(H,25,27)(H,26,28). The fourth-order valence-corrected chi connectivity index (χ4v) is 3.47. The number of ether oxygens (including phenoxy) is 1. The topological polar surface area (TPSA) is 67.4 Å². The van der Waals surface area contributed by atoms with Gasteiger partial charge in [-0.05, 0) is 74.5 Å². The molecule has 0 saturated carbocycles. The molecule has 154 valence electrons. The van der Waals surface area contributed by atoms with Crippen LogP contribution in [-0.4, -0.2) is 24.2 Å². The summed E-state index contributed by atoms with van der Waals surface area (Å²) in [5, 5.41) is 5.76. The maximum atomic E-state index is 12.3. The number of aryl methyl sites for hydroxylation is 1. The Bertz CT molecular complexity index is 1000. The van der Waals surface area contributed by atoms with Crippen molar-refractivity contribution in [2.45, 2.75) is 18.7 Å². The molecule has 0 bridgehead atoms. The van der Waals surface area contributed by atoms with Crippen molar-refractivity contribution in [1.29, 1.82) is 0 Å². The summed E-state index contributed by atoms with van der Waals surface area (Å²) in [7, 11) is 0. The van der Waals surface area contributed by atoms with E-state index in [1.807, 2.05) is 80.6 Å². The largest absolute Gasteiger partial charge is 0.494 e. The van der Waals surface area contributed by atoms with Gasteiger partial charge in [0.15, 0.2) is 0 Å². The van der Waals surface area contributed by atoms with Gasteiger partial charge in [0, 0.05) is 21.8 Å². The maximum Gasteiger partial charge on any atom is 0.255 e. The first-order valence-corrected chi connectivity index (χ1v) is 10.7. The van der Waals surface area contributed by atoms with Crippen LogP contribution in [0.4, 0.5) is 11.4 Å². The Morgan fingerprint density at radius 1 is 0.900 bits per heavy atom. The van der Waals surface area contributed by atoms with Crippen molar-refractivity contribution in [3.63, 3.8) is 0 Å². The molecule has 0 saturated heterocycles. The van der Waals surface area contributed by atoms with Gasteiger partial charge in [-0.15, -0.1) is 11.8 Å². The zero-order chi connectivity index (χ0) is 21.3. The summed E-state index contributed by atoms with van der Waals surface area (Å²) in [6.07, 6.45) is 0. The van der Waals surface area contributed by atoms with Crippen LogP contribution < -0.4 is 15.4 Å². The Hall–Kier alpha value is -3.25. The second-order valence-corrected chi connectivity index (χ2v) is 7.69. The lowest BCUT2D eigenvalue weighted by atomic mass is 10.1. The lowest BCUT2D eigenvalue weighted by molar-refractivity contribution is -0.113. The van der Waals surface area contributed by atoms with Crippen molar-refractivity contribution >= 4 is 35.0 Å². The SMILES string of the molecule is CCOc1ccc(NC(=O)CSc2ccc(NC(=O)c3cccc(C)c3)cc2)cc1. The number of hydrogen-bond donors (Lipinski definition) is 2. The van der Waals surface area contributed by atoms with E-state index in [2.05, 4.69) is 10.6 Å². The molecule has 0 aliphatic heterocycles. The zero-order valence-corrected chi connectivity index (χ0v) is 17.8. The first kappa shape index (κ1) is 21.5. The molecule has 30 heavy (non-hydrogen) atoms. The predicted octanol–water partition coefficient (Wildman–Crippen LogP) is 5.38. The molecule has 0 atom stereocenters. The van der Waals surface area contributed by atoms with E-state index in [1.165, 1.54) is 11.8 Å². The fraction of sp³-hybridized carbons (Fsp3) is 0.167. The number of hydrogen-bond acceptors (Lipinski definition) is 4. The van der Waals surface area contributed by atoms with Crippen molar-refractivity contribution in [2.24, 2.45) is 0 Å². The van der Waals surface area contributed by atoms with E-state index in [0.717, 1.165) is 21.9 Å². The molecular weight excluding hydrogens is 396 g/mol. The van der Waals surface area contributed by atoms with Crippen molar-refractivity contribution < 1.29 is 14.3 Å². The molecule has 0 radical (unpaired) electrons. The Labute approximate surface area is 180 Å². The monoisotopic (exact) mass is 420 g/mol. The minimum atomic E-state index is -0.145. The predicted molar refractivity (Wildman–Crippen MR) is 123 cm³/mol. The summed E-state index contributed by atoms with van der Waals surface area (Å²) in [5.74, 6) is 0.844. The highest BCUT2D eigenvalue weighted by Gasteiger charge is 2.07. The third-order valence-electron chi connectivity index (χ3n) is 4.21. The van der Waals surface area contributed by atoms with Crippen molar-refractivity contribution in [1.82, 2.24) is 0 Å². The van der Waals surface area contributed by atoms with E-state index in [1.54, 1.807) is 6.07 Å². The Kier molecular flexibility index (Phi) is 7.51. The van der Waals surface area contributed by atoms with E-state index in [4.69, 9.17) is 4.74 Å². The smallest absolute Gasteiger partial charge is 0.255 e. The molecule has 3 aromatic carbocycles. The van der Waals surface area contributed by atoms with Crippen LogP contribution in [0, 0.1) is 6.92 Å². The Morgan fingerprint density at radius 2 is 1.57 bits per heavy atom. The van der Waals surface area contributed by atoms with Crippen LogP contribution in [0.25, 0.3) is 0 Å². The molecule has 2 amide bonds.